The fourth-order valence-corrected chi connectivity index (χ4v) is 1.62. The maximum Gasteiger partial charge on any atom is 0.401 e. The molecule has 0 fully saturated rings. The second kappa shape index (κ2) is 8.72. The summed E-state index contributed by atoms with van der Waals surface area (Å²) >= 11 is 0. The van der Waals surface area contributed by atoms with Crippen LogP contribution in [0.2, 0.25) is 0 Å². The molecule has 0 aromatic heterocycles. The van der Waals surface area contributed by atoms with Crippen molar-refractivity contribution in [3.8, 4) is 0 Å². The zero-order chi connectivity index (χ0) is 13.3. The van der Waals surface area contributed by atoms with Crippen LogP contribution in [-0.4, -0.2) is 68.8 Å². The van der Waals surface area contributed by atoms with Gasteiger partial charge in [-0.25, -0.2) is 0 Å². The predicted molar refractivity (Wildman–Crippen MR) is 64.2 cm³/mol. The normalized spacial score (nSPS) is 12.7. The molecule has 0 bridgehead atoms. The highest BCUT2D eigenvalue weighted by atomic mass is 19.4. The van der Waals surface area contributed by atoms with E-state index in [1.54, 1.807) is 7.05 Å². The van der Waals surface area contributed by atoms with Crippen molar-refractivity contribution in [2.45, 2.75) is 20.0 Å². The molecule has 0 unspecified atom stereocenters. The van der Waals surface area contributed by atoms with Gasteiger partial charge in [0.05, 0.1) is 6.54 Å². The van der Waals surface area contributed by atoms with Gasteiger partial charge in [0, 0.05) is 26.2 Å². The van der Waals surface area contributed by atoms with Crippen LogP contribution in [-0.2, 0) is 0 Å². The van der Waals surface area contributed by atoms with Crippen LogP contribution in [0.4, 0.5) is 13.2 Å². The van der Waals surface area contributed by atoms with Gasteiger partial charge in [0.1, 0.15) is 0 Å². The lowest BCUT2D eigenvalue weighted by Crippen LogP contribution is -2.42. The molecule has 0 amide bonds. The fourth-order valence-electron chi connectivity index (χ4n) is 1.62. The Morgan fingerprint density at radius 3 is 1.88 bits per heavy atom. The molecule has 0 atom stereocenters. The Labute approximate surface area is 102 Å². The van der Waals surface area contributed by atoms with Gasteiger partial charge in [-0.1, -0.05) is 13.8 Å². The van der Waals surface area contributed by atoms with Crippen molar-refractivity contribution in [1.29, 1.82) is 0 Å². The van der Waals surface area contributed by atoms with Gasteiger partial charge >= 0.3 is 6.18 Å². The zero-order valence-corrected chi connectivity index (χ0v) is 11.0. The third-order valence-corrected chi connectivity index (χ3v) is 2.71. The van der Waals surface area contributed by atoms with Crippen molar-refractivity contribution in [3.05, 3.63) is 0 Å². The van der Waals surface area contributed by atoms with Gasteiger partial charge in [-0.05, 0) is 20.1 Å². The first kappa shape index (κ1) is 16.7. The number of alkyl halides is 3. The molecular formula is C11H24F3N3. The van der Waals surface area contributed by atoms with Crippen LogP contribution in [0.1, 0.15) is 13.8 Å². The first-order chi connectivity index (χ1) is 7.92. The second-order valence-electron chi connectivity index (χ2n) is 4.02. The molecule has 6 heteroatoms. The molecule has 0 saturated heterocycles. The summed E-state index contributed by atoms with van der Waals surface area (Å²) in [6.45, 7) is 7.12. The Hall–Kier alpha value is -0.330. The van der Waals surface area contributed by atoms with Crippen molar-refractivity contribution in [2.75, 3.05) is 52.9 Å². The Morgan fingerprint density at radius 1 is 0.941 bits per heavy atom. The summed E-state index contributed by atoms with van der Waals surface area (Å²) in [5.74, 6) is 0. The van der Waals surface area contributed by atoms with Crippen LogP contribution in [0, 0.1) is 0 Å². The summed E-state index contributed by atoms with van der Waals surface area (Å²) in [4.78, 5) is 3.58. The van der Waals surface area contributed by atoms with Crippen molar-refractivity contribution < 1.29 is 13.2 Å². The van der Waals surface area contributed by atoms with Gasteiger partial charge in [-0.15, -0.1) is 0 Å². The van der Waals surface area contributed by atoms with Gasteiger partial charge in [0.15, 0.2) is 0 Å². The van der Waals surface area contributed by atoms with Gasteiger partial charge < -0.3 is 10.2 Å². The third kappa shape index (κ3) is 9.38. The van der Waals surface area contributed by atoms with E-state index in [0.29, 0.717) is 26.2 Å². The Morgan fingerprint density at radius 2 is 1.47 bits per heavy atom. The molecule has 0 heterocycles. The Balaban J connectivity index is 4.09. The van der Waals surface area contributed by atoms with Crippen LogP contribution in [0.15, 0.2) is 0 Å². The molecule has 0 aromatic carbocycles. The van der Waals surface area contributed by atoms with E-state index in [2.05, 4.69) is 10.2 Å². The molecule has 17 heavy (non-hydrogen) atoms. The molecule has 0 aliphatic rings. The van der Waals surface area contributed by atoms with Gasteiger partial charge in [0.25, 0.3) is 0 Å². The molecule has 0 radical (unpaired) electrons. The fraction of sp³-hybridized carbons (Fsp3) is 1.00. The van der Waals surface area contributed by atoms with Crippen LogP contribution >= 0.6 is 0 Å². The minimum atomic E-state index is -4.11. The average molecular weight is 255 g/mol. The standard InChI is InChI=1S/C11H24F3N3/c1-4-16(5-2)8-9-17(7-6-15-3)10-11(12,13)14/h15H,4-10H2,1-3H3. The van der Waals surface area contributed by atoms with Crippen LogP contribution < -0.4 is 5.32 Å². The highest BCUT2D eigenvalue weighted by Crippen LogP contribution is 2.16. The van der Waals surface area contributed by atoms with Crippen LogP contribution in [0.5, 0.6) is 0 Å². The van der Waals surface area contributed by atoms with Crippen LogP contribution in [0.3, 0.4) is 0 Å². The van der Waals surface area contributed by atoms with E-state index in [4.69, 9.17) is 0 Å². The molecule has 0 aliphatic carbocycles. The van der Waals surface area contributed by atoms with Crippen molar-refractivity contribution >= 4 is 0 Å². The number of rotatable bonds is 9. The number of halogens is 3. The van der Waals surface area contributed by atoms with E-state index in [1.165, 1.54) is 4.90 Å². The summed E-state index contributed by atoms with van der Waals surface area (Å²) in [7, 11) is 1.75. The van der Waals surface area contributed by atoms with Crippen molar-refractivity contribution in [2.24, 2.45) is 0 Å². The third-order valence-electron chi connectivity index (χ3n) is 2.71. The van der Waals surface area contributed by atoms with E-state index in [-0.39, 0.29) is 0 Å². The highest BCUT2D eigenvalue weighted by molar-refractivity contribution is 4.66. The SMILES string of the molecule is CCN(CC)CCN(CCNC)CC(F)(F)F. The second-order valence-corrected chi connectivity index (χ2v) is 4.02. The lowest BCUT2D eigenvalue weighted by atomic mass is 10.4. The average Bonchev–Trinajstić information content (AvgIpc) is 2.25. The number of hydrogen-bond donors (Lipinski definition) is 1. The molecule has 104 valence electrons. The summed E-state index contributed by atoms with van der Waals surface area (Å²) in [5, 5.41) is 2.88. The number of nitrogens with zero attached hydrogens (tertiary/aromatic N) is 2. The maximum atomic E-state index is 12.3. The summed E-state index contributed by atoms with van der Waals surface area (Å²) in [6, 6.07) is 0. The maximum absolute atomic E-state index is 12.3. The Bertz CT molecular complexity index is 181. The molecule has 0 saturated carbocycles. The summed E-state index contributed by atoms with van der Waals surface area (Å²) < 4.78 is 37.0. The predicted octanol–water partition coefficient (Wildman–Crippen LogP) is 1.41. The lowest BCUT2D eigenvalue weighted by molar-refractivity contribution is -0.146. The van der Waals surface area contributed by atoms with E-state index in [1.807, 2.05) is 13.8 Å². The molecule has 0 rings (SSSR count). The topological polar surface area (TPSA) is 18.5 Å². The van der Waals surface area contributed by atoms with Crippen molar-refractivity contribution in [3.63, 3.8) is 0 Å². The molecule has 0 spiro atoms. The zero-order valence-electron chi connectivity index (χ0n) is 11.0. The first-order valence-corrected chi connectivity index (χ1v) is 6.09. The number of likely N-dealkylation sites (N-methyl/N-ethyl adjacent to an activating group) is 2. The minimum Gasteiger partial charge on any atom is -0.318 e. The van der Waals surface area contributed by atoms with E-state index in [0.717, 1.165) is 13.1 Å². The smallest absolute Gasteiger partial charge is 0.318 e. The molecular weight excluding hydrogens is 231 g/mol. The van der Waals surface area contributed by atoms with E-state index < -0.39 is 12.7 Å². The van der Waals surface area contributed by atoms with Crippen LogP contribution in [0.25, 0.3) is 0 Å². The Kier molecular flexibility index (Phi) is 8.55. The largest absolute Gasteiger partial charge is 0.401 e. The molecule has 1 N–H and O–H groups in total. The van der Waals surface area contributed by atoms with Gasteiger partial charge in [0.2, 0.25) is 0 Å². The lowest BCUT2D eigenvalue weighted by Gasteiger charge is -2.26. The summed E-state index contributed by atoms with van der Waals surface area (Å²) in [5.41, 5.74) is 0. The quantitative estimate of drug-likeness (QED) is 0.672. The first-order valence-electron chi connectivity index (χ1n) is 6.09. The van der Waals surface area contributed by atoms with E-state index in [9.17, 15) is 13.2 Å². The van der Waals surface area contributed by atoms with E-state index >= 15 is 0 Å². The molecule has 3 nitrogen and oxygen atoms in total. The van der Waals surface area contributed by atoms with Gasteiger partial charge in [-0.3, -0.25) is 4.90 Å². The van der Waals surface area contributed by atoms with Crippen molar-refractivity contribution in [1.82, 2.24) is 15.1 Å². The molecule has 0 aromatic rings. The number of nitrogens with one attached hydrogen (secondary N) is 1. The highest BCUT2D eigenvalue weighted by Gasteiger charge is 2.30. The summed E-state index contributed by atoms with van der Waals surface area (Å²) in [6.07, 6.45) is -4.11. The number of hydrogen-bond acceptors (Lipinski definition) is 3. The van der Waals surface area contributed by atoms with Gasteiger partial charge in [-0.2, -0.15) is 13.2 Å². The monoisotopic (exact) mass is 255 g/mol. The molecule has 0 aliphatic heterocycles. The minimum absolute atomic E-state index is 0.428.